The van der Waals surface area contributed by atoms with E-state index in [0.717, 1.165) is 5.69 Å². The molecule has 0 bridgehead atoms. The number of hydrogen-bond acceptors (Lipinski definition) is 1. The van der Waals surface area contributed by atoms with Crippen molar-refractivity contribution in [3.05, 3.63) is 58.7 Å². The smallest absolute Gasteiger partial charge is 0.154 e. The molecule has 2 nitrogen and oxygen atoms in total. The van der Waals surface area contributed by atoms with Crippen molar-refractivity contribution in [2.75, 3.05) is 4.57 Å². The van der Waals surface area contributed by atoms with Gasteiger partial charge in [-0.3, -0.25) is 0 Å². The van der Waals surface area contributed by atoms with Crippen LogP contribution in [0.1, 0.15) is 101 Å². The molecular weight excluding hydrogens is 392 g/mol. The van der Waals surface area contributed by atoms with E-state index in [1.165, 1.54) is 27.9 Å². The van der Waals surface area contributed by atoms with Gasteiger partial charge in [0.15, 0.2) is 8.24 Å². The molecule has 0 saturated carbocycles. The Morgan fingerprint density at radius 2 is 1.00 bits per heavy atom. The highest BCUT2D eigenvalue weighted by Crippen LogP contribution is 2.38. The van der Waals surface area contributed by atoms with Crippen LogP contribution in [0.5, 0.6) is 0 Å². The Morgan fingerprint density at radius 1 is 0.645 bits per heavy atom. The Bertz CT molecular complexity index is 849. The van der Waals surface area contributed by atoms with Gasteiger partial charge in [-0.25, -0.2) is 4.99 Å². The Kier molecular flexibility index (Phi) is 8.32. The zero-order chi connectivity index (χ0) is 23.5. The van der Waals surface area contributed by atoms with Crippen LogP contribution in [0.15, 0.2) is 41.4 Å². The molecule has 2 rings (SSSR count). The van der Waals surface area contributed by atoms with E-state index in [4.69, 9.17) is 4.99 Å². The van der Waals surface area contributed by atoms with Crippen molar-refractivity contribution in [2.45, 2.75) is 98.7 Å². The standard InChI is InChI=1S/C28H44N2Si/c1-19(2)23-14-12-15-24(20(3)4)27(23)29-18-30(31(9,10)11)28-25(21(5)6)16-13-17-26(28)22(7)8/h12-22H,1-11H3. The van der Waals surface area contributed by atoms with Crippen molar-refractivity contribution < 1.29 is 0 Å². The first-order valence-corrected chi connectivity index (χ1v) is 15.4. The SMILES string of the molecule is CC(C)c1cccc(C(C)C)c1N=CN(c1c(C(C)C)cccc1C(C)C)[Si](C)(C)C. The van der Waals surface area contributed by atoms with Crippen LogP contribution in [-0.2, 0) is 0 Å². The zero-order valence-corrected chi connectivity index (χ0v) is 22.7. The highest BCUT2D eigenvalue weighted by Gasteiger charge is 2.28. The predicted molar refractivity (Wildman–Crippen MR) is 143 cm³/mol. The molecule has 2 aromatic rings. The molecule has 0 amide bonds. The van der Waals surface area contributed by atoms with Crippen molar-refractivity contribution in [1.82, 2.24) is 0 Å². The van der Waals surface area contributed by atoms with Crippen molar-refractivity contribution in [3.63, 3.8) is 0 Å². The van der Waals surface area contributed by atoms with Gasteiger partial charge >= 0.3 is 0 Å². The first-order chi connectivity index (χ1) is 14.4. The van der Waals surface area contributed by atoms with Crippen LogP contribution in [-0.4, -0.2) is 14.6 Å². The van der Waals surface area contributed by atoms with Crippen LogP contribution in [0.4, 0.5) is 11.4 Å². The highest BCUT2D eigenvalue weighted by molar-refractivity contribution is 6.82. The fourth-order valence-corrected chi connectivity index (χ4v) is 5.47. The molecule has 0 unspecified atom stereocenters. The summed E-state index contributed by atoms with van der Waals surface area (Å²) in [6, 6.07) is 13.5. The topological polar surface area (TPSA) is 15.6 Å². The van der Waals surface area contributed by atoms with Gasteiger partial charge in [-0.05, 0) is 45.9 Å². The van der Waals surface area contributed by atoms with Crippen LogP contribution in [0.2, 0.25) is 19.6 Å². The molecule has 31 heavy (non-hydrogen) atoms. The summed E-state index contributed by atoms with van der Waals surface area (Å²) in [5, 5.41) is 0. The van der Waals surface area contributed by atoms with Gasteiger partial charge in [0.1, 0.15) is 0 Å². The van der Waals surface area contributed by atoms with Crippen LogP contribution in [0.3, 0.4) is 0 Å². The first kappa shape index (κ1) is 25.4. The van der Waals surface area contributed by atoms with E-state index < -0.39 is 8.24 Å². The normalized spacial score (nSPS) is 12.7. The summed E-state index contributed by atoms with van der Waals surface area (Å²) in [5.41, 5.74) is 8.04. The van der Waals surface area contributed by atoms with Crippen molar-refractivity contribution in [1.29, 1.82) is 0 Å². The molecule has 0 atom stereocenters. The van der Waals surface area contributed by atoms with E-state index in [-0.39, 0.29) is 0 Å². The van der Waals surface area contributed by atoms with Crippen LogP contribution in [0.25, 0.3) is 0 Å². The molecule has 0 saturated heterocycles. The van der Waals surface area contributed by atoms with Crippen LogP contribution >= 0.6 is 0 Å². The average molecular weight is 437 g/mol. The molecule has 0 heterocycles. The van der Waals surface area contributed by atoms with Crippen molar-refractivity contribution in [2.24, 2.45) is 4.99 Å². The maximum absolute atomic E-state index is 5.23. The van der Waals surface area contributed by atoms with Gasteiger partial charge in [-0.1, -0.05) is 111 Å². The van der Waals surface area contributed by atoms with Gasteiger partial charge in [0, 0.05) is 5.69 Å². The number of para-hydroxylation sites is 2. The van der Waals surface area contributed by atoms with Crippen molar-refractivity contribution in [3.8, 4) is 0 Å². The minimum absolute atomic E-state index is 0.445. The summed E-state index contributed by atoms with van der Waals surface area (Å²) < 4.78 is 2.54. The molecular formula is C28H44N2Si. The third-order valence-corrected chi connectivity index (χ3v) is 7.74. The summed E-state index contributed by atoms with van der Waals surface area (Å²) in [5.74, 6) is 1.82. The number of nitrogens with zero attached hydrogens (tertiary/aromatic N) is 2. The number of rotatable bonds is 8. The molecule has 0 aliphatic heterocycles. The molecule has 0 aromatic heterocycles. The molecule has 0 aliphatic carbocycles. The zero-order valence-electron chi connectivity index (χ0n) is 21.7. The minimum Gasteiger partial charge on any atom is -0.360 e. The molecule has 0 radical (unpaired) electrons. The third kappa shape index (κ3) is 5.88. The summed E-state index contributed by atoms with van der Waals surface area (Å²) in [4.78, 5) is 5.23. The number of benzene rings is 2. The Balaban J connectivity index is 2.76. The number of aliphatic imine (C=N–C) groups is 1. The number of hydrogen-bond donors (Lipinski definition) is 0. The van der Waals surface area contributed by atoms with E-state index >= 15 is 0 Å². The first-order valence-electron chi connectivity index (χ1n) is 11.9. The predicted octanol–water partition coefficient (Wildman–Crippen LogP) is 9.18. The Labute approximate surface area is 192 Å². The maximum atomic E-state index is 5.23. The second-order valence-corrected chi connectivity index (χ2v) is 15.8. The molecule has 3 heteroatoms. The molecule has 0 aliphatic rings. The Hall–Kier alpha value is -1.87. The summed E-state index contributed by atoms with van der Waals surface area (Å²) in [6.45, 7) is 25.5. The summed E-state index contributed by atoms with van der Waals surface area (Å²) in [7, 11) is -1.74. The molecule has 0 fully saturated rings. The van der Waals surface area contributed by atoms with E-state index in [2.05, 4.69) is 122 Å². The van der Waals surface area contributed by atoms with E-state index in [1.54, 1.807) is 0 Å². The van der Waals surface area contributed by atoms with Gasteiger partial charge in [-0.2, -0.15) is 0 Å². The second-order valence-electron chi connectivity index (χ2n) is 11.0. The fourth-order valence-electron chi connectivity index (χ4n) is 4.13. The molecule has 170 valence electrons. The fraction of sp³-hybridized carbons (Fsp3) is 0.536. The Morgan fingerprint density at radius 3 is 1.32 bits per heavy atom. The van der Waals surface area contributed by atoms with Crippen LogP contribution in [0, 0.1) is 0 Å². The van der Waals surface area contributed by atoms with E-state index in [0.29, 0.717) is 23.7 Å². The van der Waals surface area contributed by atoms with Gasteiger partial charge in [0.25, 0.3) is 0 Å². The monoisotopic (exact) mass is 436 g/mol. The quantitative estimate of drug-likeness (QED) is 0.229. The molecule has 2 aromatic carbocycles. The summed E-state index contributed by atoms with van der Waals surface area (Å²) in [6.07, 6.45) is 2.16. The lowest BCUT2D eigenvalue weighted by atomic mass is 9.92. The molecule has 0 spiro atoms. The van der Waals surface area contributed by atoms with Crippen molar-refractivity contribution >= 4 is 25.9 Å². The summed E-state index contributed by atoms with van der Waals surface area (Å²) >= 11 is 0. The van der Waals surface area contributed by atoms with Crippen LogP contribution < -0.4 is 4.57 Å². The number of anilines is 1. The van der Waals surface area contributed by atoms with Gasteiger partial charge in [0.05, 0.1) is 12.0 Å². The lowest BCUT2D eigenvalue weighted by Crippen LogP contribution is -2.46. The maximum Gasteiger partial charge on any atom is 0.154 e. The average Bonchev–Trinajstić information content (AvgIpc) is 2.66. The van der Waals surface area contributed by atoms with E-state index in [1.807, 2.05) is 0 Å². The third-order valence-electron chi connectivity index (χ3n) is 5.95. The molecule has 0 N–H and O–H groups in total. The lowest BCUT2D eigenvalue weighted by molar-refractivity contribution is 0.832. The largest absolute Gasteiger partial charge is 0.360 e. The van der Waals surface area contributed by atoms with Gasteiger partial charge in [-0.15, -0.1) is 0 Å². The van der Waals surface area contributed by atoms with Gasteiger partial charge < -0.3 is 4.57 Å². The lowest BCUT2D eigenvalue weighted by Gasteiger charge is -2.37. The second kappa shape index (κ2) is 10.2. The van der Waals surface area contributed by atoms with E-state index in [9.17, 15) is 0 Å². The van der Waals surface area contributed by atoms with Gasteiger partial charge in [0.2, 0.25) is 0 Å². The highest BCUT2D eigenvalue weighted by atomic mass is 28.3. The minimum atomic E-state index is -1.74.